The number of rotatable bonds is 3. The van der Waals surface area contributed by atoms with Crippen LogP contribution in [0.1, 0.15) is 11.6 Å². The van der Waals surface area contributed by atoms with Gasteiger partial charge in [0.2, 0.25) is 5.95 Å². The minimum absolute atomic E-state index is 0.0100. The normalized spacial score (nSPS) is 11.3. The minimum Gasteiger partial charge on any atom is -0.275 e. The monoisotopic (exact) mass is 391 g/mol. The van der Waals surface area contributed by atoms with E-state index in [9.17, 15) is 13.2 Å². The highest BCUT2D eigenvalue weighted by Gasteiger charge is 2.24. The second-order valence-electron chi connectivity index (χ2n) is 5.41. The van der Waals surface area contributed by atoms with Crippen molar-refractivity contribution >= 4 is 44.4 Å². The van der Waals surface area contributed by atoms with Crippen LogP contribution in [-0.2, 0) is 10.0 Å². The smallest absolute Gasteiger partial charge is 0.275 e. The van der Waals surface area contributed by atoms with Gasteiger partial charge in [-0.15, -0.1) is 0 Å². The van der Waals surface area contributed by atoms with Crippen LogP contribution in [0, 0.1) is 13.8 Å². The molecule has 2 amide bonds. The van der Waals surface area contributed by atoms with E-state index in [0.29, 0.717) is 22.4 Å². The Morgan fingerprint density at radius 1 is 1.00 bits per heavy atom. The molecule has 0 radical (unpaired) electrons. The van der Waals surface area contributed by atoms with Crippen LogP contribution in [-0.4, -0.2) is 29.4 Å². The van der Waals surface area contributed by atoms with Crippen LogP contribution in [0.15, 0.2) is 41.3 Å². The SMILES string of the molecule is Cc1nc(C)nc(NC(=O)NS(=O)(=O)c2c(Cl)ccc3ccccc23)n1. The van der Waals surface area contributed by atoms with E-state index in [-0.39, 0.29) is 15.9 Å². The Hall–Kier alpha value is -2.78. The lowest BCUT2D eigenvalue weighted by molar-refractivity contribution is 0.256. The van der Waals surface area contributed by atoms with E-state index < -0.39 is 16.1 Å². The highest BCUT2D eigenvalue weighted by atomic mass is 35.5. The number of carbonyl (C=O) groups excluding carboxylic acids is 1. The molecule has 10 heteroatoms. The van der Waals surface area contributed by atoms with Gasteiger partial charge in [-0.25, -0.2) is 22.9 Å². The summed E-state index contributed by atoms with van der Waals surface area (Å²) in [4.78, 5) is 23.8. The van der Waals surface area contributed by atoms with E-state index in [2.05, 4.69) is 20.3 Å². The highest BCUT2D eigenvalue weighted by Crippen LogP contribution is 2.30. The van der Waals surface area contributed by atoms with Gasteiger partial charge in [-0.05, 0) is 25.3 Å². The molecule has 8 nitrogen and oxygen atoms in total. The fourth-order valence-electron chi connectivity index (χ4n) is 2.46. The maximum absolute atomic E-state index is 12.7. The van der Waals surface area contributed by atoms with Gasteiger partial charge >= 0.3 is 6.03 Å². The molecule has 0 unspecified atom stereocenters. The van der Waals surface area contributed by atoms with Crippen molar-refractivity contribution in [3.63, 3.8) is 0 Å². The predicted molar refractivity (Wildman–Crippen MR) is 97.6 cm³/mol. The van der Waals surface area contributed by atoms with E-state index in [0.717, 1.165) is 0 Å². The van der Waals surface area contributed by atoms with Crippen molar-refractivity contribution in [3.8, 4) is 0 Å². The molecule has 1 heterocycles. The second-order valence-corrected chi connectivity index (χ2v) is 7.44. The van der Waals surface area contributed by atoms with Crippen LogP contribution in [0.3, 0.4) is 0 Å². The van der Waals surface area contributed by atoms with E-state index in [1.54, 1.807) is 44.2 Å². The number of nitrogens with one attached hydrogen (secondary N) is 2. The van der Waals surface area contributed by atoms with Crippen LogP contribution >= 0.6 is 11.6 Å². The minimum atomic E-state index is -4.22. The van der Waals surface area contributed by atoms with Gasteiger partial charge in [-0.2, -0.15) is 9.97 Å². The van der Waals surface area contributed by atoms with Crippen LogP contribution in [0.4, 0.5) is 10.7 Å². The first kappa shape index (κ1) is 18.0. The molecule has 0 aliphatic rings. The highest BCUT2D eigenvalue weighted by molar-refractivity contribution is 7.90. The molecule has 26 heavy (non-hydrogen) atoms. The number of carbonyl (C=O) groups is 1. The fraction of sp³-hybridized carbons (Fsp3) is 0.125. The number of hydrogen-bond donors (Lipinski definition) is 2. The molecule has 3 rings (SSSR count). The third-order valence-electron chi connectivity index (χ3n) is 3.41. The van der Waals surface area contributed by atoms with Crippen LogP contribution in [0.25, 0.3) is 10.8 Å². The molecule has 0 saturated carbocycles. The zero-order valence-electron chi connectivity index (χ0n) is 13.8. The van der Waals surface area contributed by atoms with Crippen molar-refractivity contribution in [1.29, 1.82) is 0 Å². The lowest BCUT2D eigenvalue weighted by Gasteiger charge is -2.12. The van der Waals surface area contributed by atoms with Gasteiger partial charge in [0.05, 0.1) is 5.02 Å². The summed E-state index contributed by atoms with van der Waals surface area (Å²) in [7, 11) is -4.22. The zero-order chi connectivity index (χ0) is 18.9. The second kappa shape index (κ2) is 6.85. The zero-order valence-corrected chi connectivity index (χ0v) is 15.4. The first-order chi connectivity index (χ1) is 12.3. The summed E-state index contributed by atoms with van der Waals surface area (Å²) in [5, 5.41) is 3.38. The van der Waals surface area contributed by atoms with Gasteiger partial charge in [0.15, 0.2) is 0 Å². The number of amides is 2. The number of nitrogens with zero attached hydrogens (tertiary/aromatic N) is 3. The van der Waals surface area contributed by atoms with Gasteiger partial charge < -0.3 is 0 Å². The Balaban J connectivity index is 1.92. The molecule has 0 fully saturated rings. The standard InChI is InChI=1S/C16H14ClN5O3S/c1-9-18-10(2)20-15(19-9)21-16(23)22-26(24,25)14-12-6-4-3-5-11(12)7-8-13(14)17/h3-8H,1-2H3,(H2,18,19,20,21,22,23). The molecule has 0 aliphatic carbocycles. The van der Waals surface area contributed by atoms with E-state index in [4.69, 9.17) is 11.6 Å². The molecule has 0 bridgehead atoms. The number of hydrogen-bond acceptors (Lipinski definition) is 6. The Kier molecular flexibility index (Phi) is 4.75. The topological polar surface area (TPSA) is 114 Å². The van der Waals surface area contributed by atoms with Crippen LogP contribution < -0.4 is 10.0 Å². The fourth-order valence-corrected chi connectivity index (χ4v) is 4.13. The van der Waals surface area contributed by atoms with Crippen LogP contribution in [0.2, 0.25) is 5.02 Å². The maximum atomic E-state index is 12.7. The Bertz CT molecular complexity index is 1100. The summed E-state index contributed by atoms with van der Waals surface area (Å²) in [5.41, 5.74) is 0. The van der Waals surface area contributed by atoms with Crippen molar-refractivity contribution in [2.24, 2.45) is 0 Å². The number of sulfonamides is 1. The molecule has 0 spiro atoms. The first-order valence-electron chi connectivity index (χ1n) is 7.46. The third-order valence-corrected chi connectivity index (χ3v) is 5.27. The van der Waals surface area contributed by atoms with Gasteiger partial charge in [0, 0.05) is 5.39 Å². The summed E-state index contributed by atoms with van der Waals surface area (Å²) in [6, 6.07) is 9.00. The van der Waals surface area contributed by atoms with E-state index in [1.165, 1.54) is 6.07 Å². The molecular formula is C16H14ClN5O3S. The summed E-state index contributed by atoms with van der Waals surface area (Å²) in [6.07, 6.45) is 0. The van der Waals surface area contributed by atoms with E-state index in [1.807, 2.05) is 4.72 Å². The predicted octanol–water partition coefficient (Wildman–Crippen LogP) is 2.81. The van der Waals surface area contributed by atoms with Gasteiger partial charge in [-0.1, -0.05) is 41.9 Å². The molecular weight excluding hydrogens is 378 g/mol. The number of aromatic nitrogens is 3. The summed E-state index contributed by atoms with van der Waals surface area (Å²) in [5.74, 6) is 0.743. The van der Waals surface area contributed by atoms with Gasteiger partial charge in [0.25, 0.3) is 10.0 Å². The van der Waals surface area contributed by atoms with E-state index >= 15 is 0 Å². The average molecular weight is 392 g/mol. The van der Waals surface area contributed by atoms with Crippen molar-refractivity contribution in [3.05, 3.63) is 53.1 Å². The lowest BCUT2D eigenvalue weighted by Crippen LogP contribution is -2.35. The third kappa shape index (κ3) is 3.73. The molecule has 0 atom stereocenters. The van der Waals surface area contributed by atoms with Crippen molar-refractivity contribution < 1.29 is 13.2 Å². The Morgan fingerprint density at radius 3 is 2.35 bits per heavy atom. The largest absolute Gasteiger partial charge is 0.335 e. The molecule has 0 saturated heterocycles. The number of urea groups is 1. The van der Waals surface area contributed by atoms with Gasteiger partial charge in [-0.3, -0.25) is 5.32 Å². The number of fused-ring (bicyclic) bond motifs is 1. The molecule has 134 valence electrons. The average Bonchev–Trinajstić information content (AvgIpc) is 2.52. The molecule has 3 aromatic rings. The summed E-state index contributed by atoms with van der Waals surface area (Å²) >= 11 is 6.09. The number of aryl methyl sites for hydroxylation is 2. The molecule has 1 aromatic heterocycles. The van der Waals surface area contributed by atoms with Crippen molar-refractivity contribution in [2.75, 3.05) is 5.32 Å². The molecule has 0 aliphatic heterocycles. The first-order valence-corrected chi connectivity index (χ1v) is 9.33. The lowest BCUT2D eigenvalue weighted by atomic mass is 10.1. The Morgan fingerprint density at radius 2 is 1.65 bits per heavy atom. The number of anilines is 1. The number of halogens is 1. The van der Waals surface area contributed by atoms with Crippen LogP contribution in [0.5, 0.6) is 0 Å². The number of benzene rings is 2. The maximum Gasteiger partial charge on any atom is 0.335 e. The summed E-state index contributed by atoms with van der Waals surface area (Å²) in [6.45, 7) is 3.26. The quantitative estimate of drug-likeness (QED) is 0.709. The van der Waals surface area contributed by atoms with Crippen molar-refractivity contribution in [1.82, 2.24) is 19.7 Å². The van der Waals surface area contributed by atoms with Crippen molar-refractivity contribution in [2.45, 2.75) is 18.7 Å². The Labute approximate surface area is 154 Å². The summed E-state index contributed by atoms with van der Waals surface area (Å²) < 4.78 is 27.3. The van der Waals surface area contributed by atoms with Gasteiger partial charge in [0.1, 0.15) is 16.5 Å². The molecule has 2 N–H and O–H groups in total. The molecule has 2 aromatic carbocycles.